The number of likely N-dealkylation sites (tertiary alicyclic amines) is 1. The zero-order valence-electron chi connectivity index (χ0n) is 17.2. The van der Waals surface area contributed by atoms with E-state index in [1.165, 1.54) is 0 Å². The summed E-state index contributed by atoms with van der Waals surface area (Å²) in [5.41, 5.74) is 0.704. The highest BCUT2D eigenvalue weighted by atomic mass is 16.7. The normalized spacial score (nSPS) is 15.4. The van der Waals surface area contributed by atoms with E-state index in [0.29, 0.717) is 36.8 Å². The van der Waals surface area contributed by atoms with Crippen molar-refractivity contribution in [3.8, 4) is 11.5 Å². The van der Waals surface area contributed by atoms with E-state index in [0.717, 1.165) is 25.9 Å². The minimum Gasteiger partial charge on any atom is -0.473 e. The molecule has 0 atom stereocenters. The van der Waals surface area contributed by atoms with Crippen LogP contribution in [-0.2, 0) is 23.9 Å². The molecule has 1 saturated heterocycles. The molecule has 31 heavy (non-hydrogen) atoms. The van der Waals surface area contributed by atoms with E-state index in [-0.39, 0.29) is 24.6 Å². The maximum atomic E-state index is 12.1. The number of aliphatic carboxylic acids is 2. The van der Waals surface area contributed by atoms with Gasteiger partial charge < -0.3 is 34.6 Å². The lowest BCUT2D eigenvalue weighted by molar-refractivity contribution is -0.159. The molecule has 1 amide bonds. The third-order valence-electron chi connectivity index (χ3n) is 4.70. The first-order chi connectivity index (χ1) is 14.8. The molecule has 0 aromatic heterocycles. The summed E-state index contributed by atoms with van der Waals surface area (Å²) in [5, 5.41) is 17.7. The van der Waals surface area contributed by atoms with E-state index >= 15 is 0 Å². The van der Waals surface area contributed by atoms with Crippen molar-refractivity contribution in [3.05, 3.63) is 18.2 Å². The number of nitrogens with one attached hydrogen (secondary N) is 1. The fourth-order valence-electron chi connectivity index (χ4n) is 3.11. The molecule has 2 aliphatic rings. The molecule has 0 radical (unpaired) electrons. The average molecular weight is 438 g/mol. The quantitative estimate of drug-likeness (QED) is 0.436. The van der Waals surface area contributed by atoms with Crippen molar-refractivity contribution < 1.29 is 43.6 Å². The predicted octanol–water partition coefficient (Wildman–Crippen LogP) is 1.17. The largest absolute Gasteiger partial charge is 0.473 e. The van der Waals surface area contributed by atoms with Gasteiger partial charge in [0.1, 0.15) is 0 Å². The molecule has 0 spiro atoms. The number of nitrogens with zero attached hydrogens (tertiary/aromatic N) is 1. The van der Waals surface area contributed by atoms with Gasteiger partial charge in [-0.05, 0) is 45.0 Å². The zero-order chi connectivity index (χ0) is 22.8. The Balaban J connectivity index is 0.000000501. The smallest absolute Gasteiger partial charge is 0.414 e. The van der Waals surface area contributed by atoms with Gasteiger partial charge in [-0.25, -0.2) is 9.59 Å². The average Bonchev–Trinajstić information content (AvgIpc) is 3.21. The van der Waals surface area contributed by atoms with Gasteiger partial charge >= 0.3 is 17.9 Å². The Morgan fingerprint density at radius 1 is 1.10 bits per heavy atom. The van der Waals surface area contributed by atoms with Gasteiger partial charge in [0.25, 0.3) is 0 Å². The first-order valence-corrected chi connectivity index (χ1v) is 9.84. The second-order valence-corrected chi connectivity index (χ2v) is 6.84. The topological polar surface area (TPSA) is 152 Å². The Labute approximate surface area is 178 Å². The van der Waals surface area contributed by atoms with E-state index in [1.807, 2.05) is 6.92 Å². The summed E-state index contributed by atoms with van der Waals surface area (Å²) < 4.78 is 15.6. The van der Waals surface area contributed by atoms with Crippen LogP contribution in [0.1, 0.15) is 26.2 Å². The van der Waals surface area contributed by atoms with Crippen LogP contribution in [0.4, 0.5) is 5.69 Å². The SMILES string of the molecule is CCOC(=O)C1CCN(CCC(=O)Nc2ccc3c(c2)OCO3)CC1.O=C(O)C(=O)O. The lowest BCUT2D eigenvalue weighted by Gasteiger charge is -2.30. The molecule has 2 aliphatic heterocycles. The number of rotatable bonds is 6. The number of benzene rings is 1. The predicted molar refractivity (Wildman–Crippen MR) is 107 cm³/mol. The summed E-state index contributed by atoms with van der Waals surface area (Å²) in [4.78, 5) is 44.3. The first-order valence-electron chi connectivity index (χ1n) is 9.84. The Morgan fingerprint density at radius 3 is 2.35 bits per heavy atom. The Bertz CT molecular complexity index is 792. The molecule has 0 unspecified atom stereocenters. The fraction of sp³-hybridized carbons (Fsp3) is 0.500. The van der Waals surface area contributed by atoms with E-state index in [2.05, 4.69) is 10.2 Å². The van der Waals surface area contributed by atoms with Gasteiger partial charge in [0, 0.05) is 24.7 Å². The molecule has 0 saturated carbocycles. The summed E-state index contributed by atoms with van der Waals surface area (Å²) in [6.07, 6.45) is 2.00. The maximum Gasteiger partial charge on any atom is 0.414 e. The molecular formula is C20H26N2O9. The number of carbonyl (C=O) groups is 4. The number of amides is 1. The minimum atomic E-state index is -1.82. The molecule has 3 N–H and O–H groups in total. The van der Waals surface area contributed by atoms with Gasteiger partial charge in [0.05, 0.1) is 12.5 Å². The standard InChI is InChI=1S/C18H24N2O5.C2H2O4/c1-2-23-18(22)13-5-8-20(9-6-13)10-7-17(21)19-14-3-4-15-16(11-14)25-12-24-15;3-1(4)2(5)6/h3-4,11,13H,2,5-10,12H2,1H3,(H,19,21);(H,3,4)(H,5,6). The van der Waals surface area contributed by atoms with Crippen LogP contribution in [0.25, 0.3) is 0 Å². The van der Waals surface area contributed by atoms with Crippen molar-refractivity contribution in [1.82, 2.24) is 4.90 Å². The Hall–Kier alpha value is -3.34. The number of carboxylic acid groups (broad SMARTS) is 2. The lowest BCUT2D eigenvalue weighted by Crippen LogP contribution is -2.38. The molecule has 1 aromatic rings. The van der Waals surface area contributed by atoms with Crippen LogP contribution < -0.4 is 14.8 Å². The van der Waals surface area contributed by atoms with Crippen molar-refractivity contribution in [2.24, 2.45) is 5.92 Å². The van der Waals surface area contributed by atoms with Crippen LogP contribution in [0, 0.1) is 5.92 Å². The van der Waals surface area contributed by atoms with Crippen LogP contribution in [0.2, 0.25) is 0 Å². The fourth-order valence-corrected chi connectivity index (χ4v) is 3.11. The van der Waals surface area contributed by atoms with Crippen LogP contribution in [-0.4, -0.2) is 72.0 Å². The molecule has 1 aromatic carbocycles. The summed E-state index contributed by atoms with van der Waals surface area (Å²) in [6.45, 7) is 4.80. The highest BCUT2D eigenvalue weighted by Gasteiger charge is 2.26. The molecular weight excluding hydrogens is 412 g/mol. The van der Waals surface area contributed by atoms with Crippen LogP contribution in [0.5, 0.6) is 11.5 Å². The van der Waals surface area contributed by atoms with Gasteiger partial charge in [-0.15, -0.1) is 0 Å². The minimum absolute atomic E-state index is 0.00124. The van der Waals surface area contributed by atoms with E-state index in [4.69, 9.17) is 34.0 Å². The molecule has 2 heterocycles. The number of fused-ring (bicyclic) bond motifs is 1. The van der Waals surface area contributed by atoms with Gasteiger partial charge in [-0.3, -0.25) is 9.59 Å². The number of hydrogen-bond donors (Lipinski definition) is 3. The number of esters is 1. The van der Waals surface area contributed by atoms with E-state index in [9.17, 15) is 9.59 Å². The number of piperidine rings is 1. The molecule has 170 valence electrons. The molecule has 0 bridgehead atoms. The van der Waals surface area contributed by atoms with Crippen LogP contribution in [0.3, 0.4) is 0 Å². The summed E-state index contributed by atoms with van der Waals surface area (Å²) in [6, 6.07) is 5.36. The van der Waals surface area contributed by atoms with Crippen molar-refractivity contribution in [1.29, 1.82) is 0 Å². The number of carboxylic acids is 2. The number of ether oxygens (including phenoxy) is 3. The van der Waals surface area contributed by atoms with E-state index < -0.39 is 11.9 Å². The van der Waals surface area contributed by atoms with Crippen molar-refractivity contribution in [3.63, 3.8) is 0 Å². The number of hydrogen-bond acceptors (Lipinski definition) is 8. The van der Waals surface area contributed by atoms with Gasteiger partial charge in [0.2, 0.25) is 12.7 Å². The lowest BCUT2D eigenvalue weighted by atomic mass is 9.97. The zero-order valence-corrected chi connectivity index (χ0v) is 17.2. The second-order valence-electron chi connectivity index (χ2n) is 6.84. The monoisotopic (exact) mass is 438 g/mol. The van der Waals surface area contributed by atoms with Crippen molar-refractivity contribution in [2.45, 2.75) is 26.2 Å². The first kappa shape index (κ1) is 23.9. The number of carbonyl (C=O) groups excluding carboxylic acids is 2. The van der Waals surface area contributed by atoms with Crippen molar-refractivity contribution in [2.75, 3.05) is 38.4 Å². The van der Waals surface area contributed by atoms with Gasteiger partial charge in [-0.1, -0.05) is 0 Å². The highest BCUT2D eigenvalue weighted by molar-refractivity contribution is 6.27. The van der Waals surface area contributed by atoms with Gasteiger partial charge in [-0.2, -0.15) is 0 Å². The molecule has 11 heteroatoms. The van der Waals surface area contributed by atoms with Crippen molar-refractivity contribution >= 4 is 29.5 Å². The summed E-state index contributed by atoms with van der Waals surface area (Å²) in [5.74, 6) is -2.43. The van der Waals surface area contributed by atoms with Crippen LogP contribution in [0.15, 0.2) is 18.2 Å². The van der Waals surface area contributed by atoms with E-state index in [1.54, 1.807) is 18.2 Å². The highest BCUT2D eigenvalue weighted by Crippen LogP contribution is 2.34. The third-order valence-corrected chi connectivity index (χ3v) is 4.70. The third kappa shape index (κ3) is 7.78. The molecule has 11 nitrogen and oxygen atoms in total. The Kier molecular flexibility index (Phi) is 9.07. The second kappa shape index (κ2) is 11.7. The summed E-state index contributed by atoms with van der Waals surface area (Å²) >= 11 is 0. The molecule has 0 aliphatic carbocycles. The Morgan fingerprint density at radius 2 is 1.74 bits per heavy atom. The van der Waals surface area contributed by atoms with Gasteiger partial charge in [0.15, 0.2) is 11.5 Å². The number of anilines is 1. The molecule has 3 rings (SSSR count). The maximum absolute atomic E-state index is 12.1. The van der Waals surface area contributed by atoms with Crippen LogP contribution >= 0.6 is 0 Å². The summed E-state index contributed by atoms with van der Waals surface area (Å²) in [7, 11) is 0. The molecule has 1 fully saturated rings.